The van der Waals surface area contributed by atoms with Crippen molar-refractivity contribution in [1.82, 2.24) is 9.80 Å². The Kier molecular flexibility index (Phi) is 8.28. The van der Waals surface area contributed by atoms with Crippen LogP contribution in [-0.2, 0) is 27.9 Å². The average Bonchev–Trinajstić information content (AvgIpc) is 2.73. The Balaban J connectivity index is 1.56. The summed E-state index contributed by atoms with van der Waals surface area (Å²) in [4.78, 5) is 16.5. The molecule has 0 radical (unpaired) electrons. The Morgan fingerprint density at radius 2 is 1.94 bits per heavy atom. The summed E-state index contributed by atoms with van der Waals surface area (Å²) in [6.07, 6.45) is -0.0119. The second-order valence-electron chi connectivity index (χ2n) is 8.00. The normalized spacial score (nSPS) is 17.2. The minimum Gasteiger partial charge on any atom is -0.483 e. The molecule has 1 atom stereocenters. The maximum Gasteiger partial charge on any atom is 0.265 e. The summed E-state index contributed by atoms with van der Waals surface area (Å²) >= 11 is 5.97. The van der Waals surface area contributed by atoms with E-state index in [0.717, 1.165) is 6.07 Å². The predicted octanol–water partition coefficient (Wildman–Crippen LogP) is 3.16. The molecule has 180 valence electrons. The fraction of sp³-hybridized carbons (Fsp3) is 0.409. The van der Waals surface area contributed by atoms with Gasteiger partial charge in [0.05, 0.1) is 5.75 Å². The van der Waals surface area contributed by atoms with Gasteiger partial charge in [-0.15, -0.1) is 0 Å². The zero-order valence-electron chi connectivity index (χ0n) is 18.0. The first-order valence-electron chi connectivity index (χ1n) is 10.3. The molecule has 0 spiro atoms. The number of carbonyl (C=O) groups excluding carboxylic acids is 1. The molecule has 1 fully saturated rings. The molecule has 0 aliphatic carbocycles. The lowest BCUT2D eigenvalue weighted by Crippen LogP contribution is -2.54. The fourth-order valence-corrected chi connectivity index (χ4v) is 4.46. The molecule has 2 aromatic carbocycles. The highest BCUT2D eigenvalue weighted by atomic mass is 35.5. The molecule has 1 amide bonds. The lowest BCUT2D eigenvalue weighted by atomic mass is 10.1. The molecule has 2 aromatic rings. The Hall–Kier alpha value is -2.27. The van der Waals surface area contributed by atoms with Crippen LogP contribution in [0, 0.1) is 11.6 Å². The molecule has 1 aliphatic rings. The highest BCUT2D eigenvalue weighted by molar-refractivity contribution is 7.85. The first kappa shape index (κ1) is 25.4. The predicted molar refractivity (Wildman–Crippen MR) is 120 cm³/mol. The average molecular weight is 503 g/mol. The molecule has 0 bridgehead atoms. The first-order chi connectivity index (χ1) is 15.5. The van der Waals surface area contributed by atoms with Crippen LogP contribution in [0.2, 0.25) is 5.02 Å². The Labute approximate surface area is 196 Å². The number of benzene rings is 2. The molecular weight excluding hydrogens is 478 g/mol. The molecule has 1 N–H and O–H groups in total. The maximum absolute atomic E-state index is 13.5. The van der Waals surface area contributed by atoms with Crippen molar-refractivity contribution in [1.29, 1.82) is 0 Å². The van der Waals surface area contributed by atoms with Crippen molar-refractivity contribution in [2.45, 2.75) is 25.9 Å². The van der Waals surface area contributed by atoms with Gasteiger partial charge in [0.1, 0.15) is 5.75 Å². The third kappa shape index (κ3) is 7.36. The number of amides is 1. The number of nitrogens with zero attached hydrogens (tertiary/aromatic N) is 2. The minimum atomic E-state index is -4.16. The van der Waals surface area contributed by atoms with Gasteiger partial charge in [-0.05, 0) is 54.8 Å². The smallest absolute Gasteiger partial charge is 0.265 e. The summed E-state index contributed by atoms with van der Waals surface area (Å²) in [5, 5.41) is 0.379. The van der Waals surface area contributed by atoms with E-state index in [-0.39, 0.29) is 25.0 Å². The SMILES string of the molecule is C[C@@H]1CN(Cc2ccc(F)c(F)c2)CCN1C(=O)COc1ccc(Cl)cc1CCS(=O)(=O)O. The van der Waals surface area contributed by atoms with Gasteiger partial charge in [0.25, 0.3) is 16.0 Å². The number of ether oxygens (including phenoxy) is 1. The number of aryl methyl sites for hydroxylation is 1. The summed E-state index contributed by atoms with van der Waals surface area (Å²) in [7, 11) is -4.16. The molecule has 1 saturated heterocycles. The molecule has 0 aromatic heterocycles. The van der Waals surface area contributed by atoms with E-state index in [9.17, 15) is 22.0 Å². The van der Waals surface area contributed by atoms with Gasteiger partial charge in [-0.3, -0.25) is 14.2 Å². The number of hydrogen-bond donors (Lipinski definition) is 1. The van der Waals surface area contributed by atoms with Gasteiger partial charge in [-0.2, -0.15) is 8.42 Å². The van der Waals surface area contributed by atoms with E-state index in [2.05, 4.69) is 4.90 Å². The molecule has 1 heterocycles. The van der Waals surface area contributed by atoms with Gasteiger partial charge in [-0.1, -0.05) is 17.7 Å². The van der Waals surface area contributed by atoms with Crippen LogP contribution in [-0.4, -0.2) is 66.7 Å². The second-order valence-corrected chi connectivity index (χ2v) is 10.0. The molecule has 7 nitrogen and oxygen atoms in total. The van der Waals surface area contributed by atoms with E-state index in [1.807, 2.05) is 6.92 Å². The summed E-state index contributed by atoms with van der Waals surface area (Å²) in [5.74, 6) is -2.17. The number of piperazine rings is 1. The fourth-order valence-electron chi connectivity index (χ4n) is 3.79. The molecular formula is C22H25ClF2N2O5S. The van der Waals surface area contributed by atoms with Gasteiger partial charge >= 0.3 is 0 Å². The first-order valence-corrected chi connectivity index (χ1v) is 12.3. The summed E-state index contributed by atoms with van der Waals surface area (Å²) in [6, 6.07) is 8.36. The highest BCUT2D eigenvalue weighted by Crippen LogP contribution is 2.24. The maximum atomic E-state index is 13.5. The van der Waals surface area contributed by atoms with Crippen molar-refractivity contribution in [3.8, 4) is 5.75 Å². The third-order valence-electron chi connectivity index (χ3n) is 5.43. The molecule has 0 unspecified atom stereocenters. The van der Waals surface area contributed by atoms with Crippen molar-refractivity contribution >= 4 is 27.6 Å². The van der Waals surface area contributed by atoms with Crippen LogP contribution < -0.4 is 4.74 Å². The molecule has 11 heteroatoms. The quantitative estimate of drug-likeness (QED) is 0.558. The van der Waals surface area contributed by atoms with Crippen LogP contribution in [0.15, 0.2) is 36.4 Å². The topological polar surface area (TPSA) is 87.2 Å². The van der Waals surface area contributed by atoms with E-state index >= 15 is 0 Å². The van der Waals surface area contributed by atoms with Crippen LogP contribution in [0.25, 0.3) is 0 Å². The van der Waals surface area contributed by atoms with Crippen LogP contribution >= 0.6 is 11.6 Å². The third-order valence-corrected chi connectivity index (χ3v) is 6.38. The van der Waals surface area contributed by atoms with Crippen LogP contribution in [0.5, 0.6) is 5.75 Å². The Morgan fingerprint density at radius 1 is 1.18 bits per heavy atom. The van der Waals surface area contributed by atoms with Gasteiger partial charge in [-0.25, -0.2) is 8.78 Å². The van der Waals surface area contributed by atoms with Crippen LogP contribution in [0.3, 0.4) is 0 Å². The van der Waals surface area contributed by atoms with E-state index in [0.29, 0.717) is 48.1 Å². The highest BCUT2D eigenvalue weighted by Gasteiger charge is 2.28. The second kappa shape index (κ2) is 10.8. The van der Waals surface area contributed by atoms with E-state index < -0.39 is 27.5 Å². The van der Waals surface area contributed by atoms with E-state index in [4.69, 9.17) is 20.9 Å². The summed E-state index contributed by atoms with van der Waals surface area (Å²) in [5.41, 5.74) is 1.13. The number of halogens is 3. The monoisotopic (exact) mass is 502 g/mol. The number of rotatable bonds is 8. The van der Waals surface area contributed by atoms with Crippen molar-refractivity contribution in [3.05, 3.63) is 64.2 Å². The molecule has 33 heavy (non-hydrogen) atoms. The molecule has 3 rings (SSSR count). The number of carbonyl (C=O) groups is 1. The Bertz CT molecular complexity index is 1120. The van der Waals surface area contributed by atoms with Crippen molar-refractivity contribution in [3.63, 3.8) is 0 Å². The summed E-state index contributed by atoms with van der Waals surface area (Å²) < 4.78 is 63.4. The van der Waals surface area contributed by atoms with Crippen molar-refractivity contribution < 1.29 is 31.3 Å². The molecule has 1 aliphatic heterocycles. The van der Waals surface area contributed by atoms with Gasteiger partial charge in [0, 0.05) is 37.2 Å². The standard InChI is InChI=1S/C22H25ClF2N2O5S/c1-15-12-26(13-16-2-4-19(24)20(25)10-16)7-8-27(15)22(28)14-32-21-5-3-18(23)11-17(21)6-9-33(29,30)31/h2-5,10-11,15H,6-9,12-14H2,1H3,(H,29,30,31)/t15-/m1/s1. The van der Waals surface area contributed by atoms with E-state index in [1.54, 1.807) is 23.1 Å². The minimum absolute atomic E-state index is 0.0119. The largest absolute Gasteiger partial charge is 0.483 e. The van der Waals surface area contributed by atoms with Gasteiger partial charge in [0.15, 0.2) is 18.2 Å². The van der Waals surface area contributed by atoms with Crippen molar-refractivity contribution in [2.75, 3.05) is 32.0 Å². The van der Waals surface area contributed by atoms with Crippen molar-refractivity contribution in [2.24, 2.45) is 0 Å². The zero-order chi connectivity index (χ0) is 24.2. The van der Waals surface area contributed by atoms with Crippen LogP contribution in [0.1, 0.15) is 18.1 Å². The van der Waals surface area contributed by atoms with Gasteiger partial charge < -0.3 is 9.64 Å². The lowest BCUT2D eigenvalue weighted by Gasteiger charge is -2.39. The number of hydrogen-bond acceptors (Lipinski definition) is 5. The summed E-state index contributed by atoms with van der Waals surface area (Å²) in [6.45, 7) is 3.68. The zero-order valence-corrected chi connectivity index (χ0v) is 19.6. The van der Waals surface area contributed by atoms with Crippen LogP contribution in [0.4, 0.5) is 8.78 Å². The lowest BCUT2D eigenvalue weighted by molar-refractivity contribution is -0.138. The van der Waals surface area contributed by atoms with Gasteiger partial charge in [0.2, 0.25) is 0 Å². The van der Waals surface area contributed by atoms with E-state index in [1.165, 1.54) is 12.1 Å². The Morgan fingerprint density at radius 3 is 2.61 bits per heavy atom. The molecule has 0 saturated carbocycles.